The molecule has 0 aliphatic heterocycles. The summed E-state index contributed by atoms with van der Waals surface area (Å²) in [6, 6.07) is 4.54. The van der Waals surface area contributed by atoms with Crippen molar-refractivity contribution in [3.05, 3.63) is 40.2 Å². The summed E-state index contributed by atoms with van der Waals surface area (Å²) in [5.74, 6) is -2.28. The number of sulfone groups is 1. The highest BCUT2D eigenvalue weighted by atomic mass is 32.2. The molecule has 0 unspecified atom stereocenters. The Labute approximate surface area is 79.2 Å². The lowest BCUT2D eigenvalue weighted by Crippen LogP contribution is -2.15. The average molecular weight is 219 g/mol. The van der Waals surface area contributed by atoms with Gasteiger partial charge < -0.3 is 0 Å². The zero-order valence-corrected chi connectivity index (χ0v) is 7.70. The van der Waals surface area contributed by atoms with Gasteiger partial charge in [-0.3, -0.25) is 10.1 Å². The third kappa shape index (κ3) is 2.25. The minimum Gasteiger partial charge on any atom is -0.263 e. The molecule has 0 saturated carbocycles. The molecule has 1 rings (SSSR count). The predicted octanol–water partition coefficient (Wildman–Crippen LogP) is 0.834. The second-order valence-corrected chi connectivity index (χ2v) is 4.43. The van der Waals surface area contributed by atoms with Crippen LogP contribution >= 0.6 is 0 Å². The lowest BCUT2D eigenvalue weighted by Gasteiger charge is -1.99. The Morgan fingerprint density at radius 2 is 1.93 bits per heavy atom. The Bertz CT molecular complexity index is 457. The van der Waals surface area contributed by atoms with Crippen molar-refractivity contribution in [3.8, 4) is 0 Å². The third-order valence-electron chi connectivity index (χ3n) is 1.45. The number of nitrogens with zero attached hydrogens (tertiary/aromatic N) is 1. The molecule has 0 atom stereocenters. The maximum Gasteiger partial charge on any atom is 0.306 e. The smallest absolute Gasteiger partial charge is 0.263 e. The first-order valence-electron chi connectivity index (χ1n) is 3.52. The Hall–Kier alpha value is -1.50. The Morgan fingerprint density at radius 1 is 1.36 bits per heavy atom. The van der Waals surface area contributed by atoms with Crippen LogP contribution in [0.5, 0.6) is 0 Å². The summed E-state index contributed by atoms with van der Waals surface area (Å²) in [7, 11) is -4.16. The van der Waals surface area contributed by atoms with Crippen LogP contribution < -0.4 is 0 Å². The quantitative estimate of drug-likeness (QED) is 0.557. The molecule has 0 spiro atoms. The van der Waals surface area contributed by atoms with Crippen LogP contribution in [0, 0.1) is 15.9 Å². The molecular weight excluding hydrogens is 213 g/mol. The lowest BCUT2D eigenvalue weighted by atomic mass is 10.4. The molecule has 0 aliphatic rings. The summed E-state index contributed by atoms with van der Waals surface area (Å²) in [6.07, 6.45) is 0. The van der Waals surface area contributed by atoms with Crippen LogP contribution in [0.15, 0.2) is 29.2 Å². The fourth-order valence-electron chi connectivity index (χ4n) is 0.905. The second kappa shape index (κ2) is 3.70. The molecule has 0 heterocycles. The summed E-state index contributed by atoms with van der Waals surface area (Å²) in [5, 5.41) is 10.0. The van der Waals surface area contributed by atoms with E-state index in [-0.39, 0.29) is 0 Å². The van der Waals surface area contributed by atoms with Crippen molar-refractivity contribution in [3.63, 3.8) is 0 Å². The molecule has 0 saturated heterocycles. The van der Waals surface area contributed by atoms with Gasteiger partial charge in [0.2, 0.25) is 9.84 Å². The van der Waals surface area contributed by atoms with E-state index in [2.05, 4.69) is 0 Å². The Kier molecular flexibility index (Phi) is 2.80. The molecule has 7 heteroatoms. The summed E-state index contributed by atoms with van der Waals surface area (Å²) in [5.41, 5.74) is 0. The van der Waals surface area contributed by atoms with Crippen LogP contribution in [0.3, 0.4) is 0 Å². The molecule has 0 aliphatic carbocycles. The molecule has 0 amide bonds. The molecular formula is C7H6FNO4S. The minimum absolute atomic E-state index is 0.642. The number of benzene rings is 1. The molecule has 0 radical (unpaired) electrons. The van der Waals surface area contributed by atoms with Gasteiger partial charge in [0.1, 0.15) is 10.7 Å². The molecule has 1 aromatic rings. The highest BCUT2D eigenvalue weighted by molar-refractivity contribution is 7.91. The van der Waals surface area contributed by atoms with Gasteiger partial charge in [-0.2, -0.15) is 0 Å². The van der Waals surface area contributed by atoms with E-state index < -0.39 is 31.4 Å². The third-order valence-corrected chi connectivity index (χ3v) is 3.00. The highest BCUT2D eigenvalue weighted by Crippen LogP contribution is 2.14. The maximum absolute atomic E-state index is 12.9. The number of rotatable bonds is 3. The summed E-state index contributed by atoms with van der Waals surface area (Å²) >= 11 is 0. The van der Waals surface area contributed by atoms with E-state index in [4.69, 9.17) is 0 Å². The topological polar surface area (TPSA) is 77.3 Å². The zero-order valence-electron chi connectivity index (χ0n) is 6.88. The molecule has 0 bridgehead atoms. The molecule has 0 aromatic heterocycles. The molecule has 0 fully saturated rings. The first kappa shape index (κ1) is 10.6. The van der Waals surface area contributed by atoms with Crippen molar-refractivity contribution in [1.82, 2.24) is 0 Å². The van der Waals surface area contributed by atoms with E-state index in [0.717, 1.165) is 12.1 Å². The molecule has 1 aromatic carbocycles. The van der Waals surface area contributed by atoms with Gasteiger partial charge in [-0.05, 0) is 12.1 Å². The Balaban J connectivity index is 3.17. The predicted molar refractivity (Wildman–Crippen MR) is 45.4 cm³/mol. The van der Waals surface area contributed by atoms with Crippen LogP contribution in [0.1, 0.15) is 0 Å². The van der Waals surface area contributed by atoms with Gasteiger partial charge in [0, 0.05) is 4.92 Å². The number of halogens is 1. The van der Waals surface area contributed by atoms with Gasteiger partial charge >= 0.3 is 5.88 Å². The number of hydrogen-bond acceptors (Lipinski definition) is 4. The van der Waals surface area contributed by atoms with Gasteiger partial charge in [0.05, 0.1) is 0 Å². The second-order valence-electron chi connectivity index (χ2n) is 2.51. The summed E-state index contributed by atoms with van der Waals surface area (Å²) in [4.78, 5) is 8.35. The first-order chi connectivity index (χ1) is 6.43. The van der Waals surface area contributed by atoms with E-state index in [1.54, 1.807) is 0 Å². The van der Waals surface area contributed by atoms with E-state index in [1.165, 1.54) is 12.1 Å². The van der Waals surface area contributed by atoms with Crippen molar-refractivity contribution in [1.29, 1.82) is 0 Å². The zero-order chi connectivity index (χ0) is 10.8. The van der Waals surface area contributed by atoms with E-state index in [9.17, 15) is 22.9 Å². The monoisotopic (exact) mass is 219 g/mol. The molecule has 0 N–H and O–H groups in total. The largest absolute Gasteiger partial charge is 0.306 e. The number of nitro groups is 1. The van der Waals surface area contributed by atoms with Crippen molar-refractivity contribution in [2.45, 2.75) is 4.90 Å². The van der Waals surface area contributed by atoms with Gasteiger partial charge in [0.15, 0.2) is 0 Å². The van der Waals surface area contributed by atoms with Crippen LogP contribution in [-0.4, -0.2) is 19.2 Å². The lowest BCUT2D eigenvalue weighted by molar-refractivity contribution is -0.458. The van der Waals surface area contributed by atoms with E-state index >= 15 is 0 Å². The van der Waals surface area contributed by atoms with E-state index in [0.29, 0.717) is 0 Å². The molecule has 5 nitrogen and oxygen atoms in total. The molecule has 14 heavy (non-hydrogen) atoms. The van der Waals surface area contributed by atoms with Gasteiger partial charge in [-0.15, -0.1) is 0 Å². The minimum atomic E-state index is -4.16. The van der Waals surface area contributed by atoms with E-state index in [1.807, 2.05) is 0 Å². The number of hydrogen-bond donors (Lipinski definition) is 0. The van der Waals surface area contributed by atoms with Gasteiger partial charge in [-0.1, -0.05) is 12.1 Å². The van der Waals surface area contributed by atoms with Crippen molar-refractivity contribution in [2.24, 2.45) is 0 Å². The maximum atomic E-state index is 12.9. The van der Waals surface area contributed by atoms with Crippen LogP contribution in [0.4, 0.5) is 4.39 Å². The fourth-order valence-corrected chi connectivity index (χ4v) is 1.97. The highest BCUT2D eigenvalue weighted by Gasteiger charge is 2.24. The normalized spacial score (nSPS) is 11.2. The van der Waals surface area contributed by atoms with Crippen LogP contribution in [-0.2, 0) is 9.84 Å². The summed E-state index contributed by atoms with van der Waals surface area (Å²) in [6.45, 7) is 0. The summed E-state index contributed by atoms with van der Waals surface area (Å²) < 4.78 is 35.3. The molecule has 76 valence electrons. The van der Waals surface area contributed by atoms with Crippen LogP contribution in [0.25, 0.3) is 0 Å². The van der Waals surface area contributed by atoms with Crippen molar-refractivity contribution < 1.29 is 17.7 Å². The van der Waals surface area contributed by atoms with Gasteiger partial charge in [-0.25, -0.2) is 12.8 Å². The fraction of sp³-hybridized carbons (Fsp3) is 0.143. The van der Waals surface area contributed by atoms with Gasteiger partial charge in [0.25, 0.3) is 0 Å². The standard InChI is InChI=1S/C7H6FNO4S/c8-6-3-1-2-4-7(6)14(12,13)5-9(10)11/h1-4H,5H2. The first-order valence-corrected chi connectivity index (χ1v) is 5.18. The SMILES string of the molecule is O=[N+]([O-])CS(=O)(=O)c1ccccc1F. The van der Waals surface area contributed by atoms with Crippen molar-refractivity contribution in [2.75, 3.05) is 5.88 Å². The van der Waals surface area contributed by atoms with Crippen molar-refractivity contribution >= 4 is 9.84 Å². The average Bonchev–Trinajstić information content (AvgIpc) is 2.02. The Morgan fingerprint density at radius 3 is 2.43 bits per heavy atom. The van der Waals surface area contributed by atoms with Crippen LogP contribution in [0.2, 0.25) is 0 Å².